The Morgan fingerprint density at radius 3 is 1.65 bits per heavy atom. The molecule has 0 spiro atoms. The standard InChI is InChI=1S/C20H33NO9S/c1-8-31-18(26)28-13-27-15(23)10-9-14(22)21(11-16(24)29-19(2,3)4)12-17(25)30-20(5,6)7/h8-13H2,1-7H3. The van der Waals surface area contributed by atoms with E-state index in [-0.39, 0.29) is 12.8 Å². The maximum Gasteiger partial charge on any atom is 0.370 e. The third-order valence-corrected chi connectivity index (χ3v) is 3.68. The zero-order valence-corrected chi connectivity index (χ0v) is 20.1. The van der Waals surface area contributed by atoms with Gasteiger partial charge in [-0.05, 0) is 53.3 Å². The number of rotatable bonds is 10. The zero-order chi connectivity index (χ0) is 24.2. The molecule has 0 aromatic heterocycles. The fourth-order valence-electron chi connectivity index (χ4n) is 2.03. The number of hydrogen-bond acceptors (Lipinski definition) is 10. The molecule has 0 bridgehead atoms. The van der Waals surface area contributed by atoms with E-state index < -0.39 is 60.2 Å². The van der Waals surface area contributed by atoms with Crippen LogP contribution in [0.2, 0.25) is 0 Å². The first-order valence-electron chi connectivity index (χ1n) is 9.79. The fraction of sp³-hybridized carbons (Fsp3) is 0.750. The van der Waals surface area contributed by atoms with Gasteiger partial charge in [-0.25, -0.2) is 4.79 Å². The van der Waals surface area contributed by atoms with Gasteiger partial charge in [-0.3, -0.25) is 19.2 Å². The Morgan fingerprint density at radius 1 is 0.742 bits per heavy atom. The lowest BCUT2D eigenvalue weighted by Gasteiger charge is -2.26. The molecule has 0 rings (SSSR count). The Bertz CT molecular complexity index is 620. The molecule has 0 fully saturated rings. The SMILES string of the molecule is CCSC(=O)OCOC(=O)CCC(=O)N(CC(=O)OC(C)(C)C)CC(=O)OC(C)(C)C. The summed E-state index contributed by atoms with van der Waals surface area (Å²) < 4.78 is 19.8. The molecule has 0 atom stereocenters. The first-order chi connectivity index (χ1) is 14.1. The van der Waals surface area contributed by atoms with Gasteiger partial charge in [-0.2, -0.15) is 0 Å². The largest absolute Gasteiger partial charge is 0.459 e. The van der Waals surface area contributed by atoms with E-state index in [1.54, 1.807) is 48.5 Å². The maximum absolute atomic E-state index is 12.5. The number of hydrogen-bond donors (Lipinski definition) is 0. The summed E-state index contributed by atoms with van der Waals surface area (Å²) in [5.74, 6) is -2.28. The molecule has 0 saturated carbocycles. The summed E-state index contributed by atoms with van der Waals surface area (Å²) in [5.41, 5.74) is -1.54. The summed E-state index contributed by atoms with van der Waals surface area (Å²) in [6, 6.07) is 0. The van der Waals surface area contributed by atoms with Crippen molar-refractivity contribution in [3.63, 3.8) is 0 Å². The highest BCUT2D eigenvalue weighted by Crippen LogP contribution is 2.11. The van der Waals surface area contributed by atoms with Crippen molar-refractivity contribution in [3.8, 4) is 0 Å². The van der Waals surface area contributed by atoms with Crippen molar-refractivity contribution in [1.29, 1.82) is 0 Å². The number of carbonyl (C=O) groups excluding carboxylic acids is 5. The number of carbonyl (C=O) groups is 5. The third-order valence-electron chi connectivity index (χ3n) is 3.03. The third kappa shape index (κ3) is 16.1. The van der Waals surface area contributed by atoms with Gasteiger partial charge in [0.05, 0.1) is 6.42 Å². The second-order valence-electron chi connectivity index (χ2n) is 8.38. The van der Waals surface area contributed by atoms with Crippen LogP contribution in [-0.4, -0.2) is 70.9 Å². The summed E-state index contributed by atoms with van der Waals surface area (Å²) in [6.45, 7) is 10.3. The Hall–Kier alpha value is -2.30. The number of nitrogens with zero attached hydrogens (tertiary/aromatic N) is 1. The minimum Gasteiger partial charge on any atom is -0.459 e. The van der Waals surface area contributed by atoms with Crippen molar-refractivity contribution in [2.75, 3.05) is 25.6 Å². The molecular weight excluding hydrogens is 430 g/mol. The van der Waals surface area contributed by atoms with Crippen molar-refractivity contribution in [1.82, 2.24) is 4.90 Å². The lowest BCUT2D eigenvalue weighted by molar-refractivity contribution is -0.164. The van der Waals surface area contributed by atoms with Gasteiger partial charge in [0, 0.05) is 12.2 Å². The highest BCUT2D eigenvalue weighted by atomic mass is 32.2. The average Bonchev–Trinajstić information content (AvgIpc) is 2.56. The molecule has 178 valence electrons. The van der Waals surface area contributed by atoms with E-state index in [0.29, 0.717) is 5.75 Å². The van der Waals surface area contributed by atoms with Gasteiger partial charge in [-0.15, -0.1) is 0 Å². The van der Waals surface area contributed by atoms with Crippen LogP contribution in [0.1, 0.15) is 61.3 Å². The smallest absolute Gasteiger partial charge is 0.370 e. The lowest BCUT2D eigenvalue weighted by Crippen LogP contribution is -2.43. The van der Waals surface area contributed by atoms with E-state index >= 15 is 0 Å². The summed E-state index contributed by atoms with van der Waals surface area (Å²) in [7, 11) is 0. The van der Waals surface area contributed by atoms with Crippen LogP contribution in [0.3, 0.4) is 0 Å². The van der Waals surface area contributed by atoms with Gasteiger partial charge in [0.1, 0.15) is 24.3 Å². The number of esters is 3. The highest BCUT2D eigenvalue weighted by molar-refractivity contribution is 8.13. The minimum absolute atomic E-state index is 0.317. The quantitative estimate of drug-likeness (QED) is 0.271. The minimum atomic E-state index is -0.769. The molecule has 11 heteroatoms. The molecule has 31 heavy (non-hydrogen) atoms. The Kier molecular flexibility index (Phi) is 12.2. The first-order valence-corrected chi connectivity index (χ1v) is 10.8. The molecule has 0 radical (unpaired) electrons. The van der Waals surface area contributed by atoms with Crippen LogP contribution in [0.15, 0.2) is 0 Å². The van der Waals surface area contributed by atoms with Crippen LogP contribution in [0, 0.1) is 0 Å². The van der Waals surface area contributed by atoms with Gasteiger partial charge >= 0.3 is 23.2 Å². The summed E-state index contributed by atoms with van der Waals surface area (Å²) in [6.07, 6.45) is -0.640. The van der Waals surface area contributed by atoms with Gasteiger partial charge in [-0.1, -0.05) is 6.92 Å². The van der Waals surface area contributed by atoms with Crippen LogP contribution >= 0.6 is 11.8 Å². The van der Waals surface area contributed by atoms with Crippen molar-refractivity contribution in [2.24, 2.45) is 0 Å². The molecule has 0 saturated heterocycles. The lowest BCUT2D eigenvalue weighted by atomic mass is 10.2. The van der Waals surface area contributed by atoms with Gasteiger partial charge in [0.15, 0.2) is 0 Å². The van der Waals surface area contributed by atoms with Crippen molar-refractivity contribution in [2.45, 2.75) is 72.5 Å². The molecule has 1 amide bonds. The molecular formula is C20H33NO9S. The number of amides is 1. The second-order valence-corrected chi connectivity index (χ2v) is 9.58. The first kappa shape index (κ1) is 28.7. The molecule has 0 aromatic rings. The zero-order valence-electron chi connectivity index (χ0n) is 19.3. The molecule has 0 aliphatic heterocycles. The highest BCUT2D eigenvalue weighted by Gasteiger charge is 2.26. The molecule has 0 aromatic carbocycles. The van der Waals surface area contributed by atoms with Gasteiger partial charge < -0.3 is 23.8 Å². The molecule has 0 aliphatic rings. The van der Waals surface area contributed by atoms with E-state index in [4.69, 9.17) is 14.2 Å². The molecule has 10 nitrogen and oxygen atoms in total. The molecule has 0 unspecified atom stereocenters. The molecule has 0 aliphatic carbocycles. The van der Waals surface area contributed by atoms with Crippen LogP contribution in [0.4, 0.5) is 4.79 Å². The van der Waals surface area contributed by atoms with Crippen molar-refractivity contribution >= 4 is 40.9 Å². The van der Waals surface area contributed by atoms with Gasteiger partial charge in [0.2, 0.25) is 12.7 Å². The molecule has 0 heterocycles. The van der Waals surface area contributed by atoms with E-state index in [1.807, 2.05) is 0 Å². The Balaban J connectivity index is 4.84. The van der Waals surface area contributed by atoms with Crippen LogP contribution in [-0.2, 0) is 38.1 Å². The van der Waals surface area contributed by atoms with E-state index in [0.717, 1.165) is 16.7 Å². The van der Waals surface area contributed by atoms with E-state index in [9.17, 15) is 24.0 Å². The maximum atomic E-state index is 12.5. The Labute approximate surface area is 187 Å². The fourth-order valence-corrected chi connectivity index (χ4v) is 2.40. The van der Waals surface area contributed by atoms with Crippen molar-refractivity contribution < 1.29 is 42.9 Å². The summed E-state index contributed by atoms with van der Waals surface area (Å²) in [5, 5.41) is -0.577. The van der Waals surface area contributed by atoms with Crippen LogP contribution < -0.4 is 0 Å². The number of thioether (sulfide) groups is 1. The monoisotopic (exact) mass is 463 g/mol. The van der Waals surface area contributed by atoms with E-state index in [2.05, 4.69) is 4.74 Å². The normalized spacial score (nSPS) is 11.3. The predicted octanol–water partition coefficient (Wildman–Crippen LogP) is 2.67. The van der Waals surface area contributed by atoms with Crippen LogP contribution in [0.5, 0.6) is 0 Å². The average molecular weight is 464 g/mol. The Morgan fingerprint density at radius 2 is 1.23 bits per heavy atom. The van der Waals surface area contributed by atoms with Gasteiger partial charge in [0.25, 0.3) is 0 Å². The predicted molar refractivity (Wildman–Crippen MR) is 113 cm³/mol. The van der Waals surface area contributed by atoms with E-state index in [1.165, 1.54) is 0 Å². The topological polar surface area (TPSA) is 126 Å². The summed E-state index contributed by atoms with van der Waals surface area (Å²) >= 11 is 0.923. The van der Waals surface area contributed by atoms with Crippen LogP contribution in [0.25, 0.3) is 0 Å². The number of ether oxygens (including phenoxy) is 4. The molecule has 0 N–H and O–H groups in total. The summed E-state index contributed by atoms with van der Waals surface area (Å²) in [4.78, 5) is 60.7. The van der Waals surface area contributed by atoms with Crippen molar-refractivity contribution in [3.05, 3.63) is 0 Å². The second kappa shape index (κ2) is 13.2.